The number of fused-ring (bicyclic) bond motifs is 1. The van der Waals surface area contributed by atoms with Gasteiger partial charge in [-0.15, -0.1) is 0 Å². The molecule has 1 aromatic heterocycles. The van der Waals surface area contributed by atoms with Crippen molar-refractivity contribution in [2.75, 3.05) is 63.2 Å². The highest BCUT2D eigenvalue weighted by Gasteiger charge is 2.41. The number of aromatic nitrogens is 1. The molecule has 40 heavy (non-hydrogen) atoms. The Kier molecular flexibility index (Phi) is 7.65. The van der Waals surface area contributed by atoms with E-state index in [-0.39, 0.29) is 30.4 Å². The number of nitrogens with two attached hydrogens (primary N) is 2. The number of carbonyl (C=O) groups excluding carboxylic acids is 2. The highest BCUT2D eigenvalue weighted by Crippen LogP contribution is 2.39. The Hall–Kier alpha value is -4.51. The number of urea groups is 1. The van der Waals surface area contributed by atoms with Crippen molar-refractivity contribution < 1.29 is 15.0 Å². The van der Waals surface area contributed by atoms with E-state index in [1.54, 1.807) is 22.9 Å². The van der Waals surface area contributed by atoms with Crippen molar-refractivity contribution in [2.45, 2.75) is 12.5 Å². The van der Waals surface area contributed by atoms with Crippen LogP contribution in [-0.2, 0) is 4.79 Å². The van der Waals surface area contributed by atoms with Gasteiger partial charge in [0.15, 0.2) is 5.82 Å². The van der Waals surface area contributed by atoms with E-state index in [0.29, 0.717) is 30.2 Å². The average molecular weight is 543 g/mol. The summed E-state index contributed by atoms with van der Waals surface area (Å²) in [5.74, 6) is 0.518. The fourth-order valence-corrected chi connectivity index (χ4v) is 5.48. The molecule has 3 aliphatic heterocycles. The smallest absolute Gasteiger partial charge is 0.325 e. The summed E-state index contributed by atoms with van der Waals surface area (Å²) in [4.78, 5) is 44.4. The molecule has 0 saturated carbocycles. The molecule has 0 radical (unpaired) electrons. The van der Waals surface area contributed by atoms with E-state index in [1.165, 1.54) is 11.0 Å². The van der Waals surface area contributed by atoms with Crippen LogP contribution < -0.4 is 20.9 Å². The normalized spacial score (nSPS) is 21.6. The van der Waals surface area contributed by atoms with Gasteiger partial charge >= 0.3 is 6.03 Å². The first-order valence-electron chi connectivity index (χ1n) is 13.4. The molecule has 11 nitrogen and oxygen atoms in total. The van der Waals surface area contributed by atoms with Crippen LogP contribution in [0.1, 0.15) is 18.0 Å². The first kappa shape index (κ1) is 27.1. The molecule has 3 aliphatic rings. The quantitative estimate of drug-likeness (QED) is 0.329. The summed E-state index contributed by atoms with van der Waals surface area (Å²) < 4.78 is 0. The predicted molar refractivity (Wildman–Crippen MR) is 156 cm³/mol. The van der Waals surface area contributed by atoms with Crippen molar-refractivity contribution in [3.05, 3.63) is 72.6 Å². The van der Waals surface area contributed by atoms with Crippen molar-refractivity contribution in [3.8, 4) is 0 Å². The third-order valence-electron chi connectivity index (χ3n) is 7.72. The molecule has 1 aromatic carbocycles. The Morgan fingerprint density at radius 2 is 1.88 bits per heavy atom. The van der Waals surface area contributed by atoms with Gasteiger partial charge in [0.2, 0.25) is 11.6 Å². The lowest BCUT2D eigenvalue weighted by molar-refractivity contribution is -0.119. The molecule has 11 heteroatoms. The van der Waals surface area contributed by atoms with Crippen molar-refractivity contribution in [3.63, 3.8) is 0 Å². The lowest BCUT2D eigenvalue weighted by atomic mass is 9.94. The zero-order chi connectivity index (χ0) is 28.4. The molecular formula is C29H36N9O2+. The van der Waals surface area contributed by atoms with E-state index >= 15 is 0 Å². The van der Waals surface area contributed by atoms with Gasteiger partial charge in [0.25, 0.3) is 0 Å². The second kappa shape index (κ2) is 11.3. The third-order valence-corrected chi connectivity index (χ3v) is 7.72. The van der Waals surface area contributed by atoms with E-state index in [4.69, 9.17) is 11.1 Å². The van der Waals surface area contributed by atoms with E-state index < -0.39 is 0 Å². The van der Waals surface area contributed by atoms with E-state index in [0.717, 1.165) is 43.1 Å². The number of anilines is 2. The number of rotatable bonds is 5. The first-order valence-corrected chi connectivity index (χ1v) is 13.4. The molecule has 1 unspecified atom stereocenters. The van der Waals surface area contributed by atoms with E-state index in [1.807, 2.05) is 42.6 Å². The number of carbonyl (C=O) groups is 2. The van der Waals surface area contributed by atoms with Gasteiger partial charge in [-0.2, -0.15) is 0 Å². The van der Waals surface area contributed by atoms with Crippen molar-refractivity contribution >= 4 is 40.7 Å². The van der Waals surface area contributed by atoms with E-state index in [2.05, 4.69) is 33.4 Å². The van der Waals surface area contributed by atoms with Gasteiger partial charge in [0, 0.05) is 51.5 Å². The topological polar surface area (TPSA) is 127 Å². The number of benzene rings is 1. The number of hydrogen-bond donors (Lipinski definition) is 2. The Morgan fingerprint density at radius 1 is 1.12 bits per heavy atom. The minimum atomic E-state index is -0.228. The highest BCUT2D eigenvalue weighted by molar-refractivity contribution is 6.09. The van der Waals surface area contributed by atoms with Crippen molar-refractivity contribution in [1.82, 2.24) is 19.7 Å². The van der Waals surface area contributed by atoms with Gasteiger partial charge in [-0.3, -0.25) is 15.1 Å². The minimum absolute atomic E-state index is 0.164. The average Bonchev–Trinajstić information content (AvgIpc) is 2.97. The van der Waals surface area contributed by atoms with Gasteiger partial charge in [-0.1, -0.05) is 24.8 Å². The Morgan fingerprint density at radius 3 is 2.58 bits per heavy atom. The summed E-state index contributed by atoms with van der Waals surface area (Å²) >= 11 is 0. The van der Waals surface area contributed by atoms with Gasteiger partial charge in [0.1, 0.15) is 18.1 Å². The lowest BCUT2D eigenvalue weighted by Gasteiger charge is -2.42. The second-order valence-electron chi connectivity index (χ2n) is 10.3. The van der Waals surface area contributed by atoms with Gasteiger partial charge in [-0.05, 0) is 43.3 Å². The van der Waals surface area contributed by atoms with Crippen LogP contribution >= 0.6 is 0 Å². The number of amides is 3. The summed E-state index contributed by atoms with van der Waals surface area (Å²) in [5.41, 5.74) is 9.99. The monoisotopic (exact) mass is 542 g/mol. The molecular weight excluding hydrogens is 506 g/mol. The number of pyridine rings is 1. The van der Waals surface area contributed by atoms with Gasteiger partial charge < -0.3 is 25.3 Å². The number of nitrogens with zero attached hydrogens (tertiary/aromatic N) is 7. The number of para-hydroxylation sites is 1. The number of amidine groups is 1. The van der Waals surface area contributed by atoms with Crippen LogP contribution in [0.5, 0.6) is 0 Å². The Bertz CT molecular complexity index is 1380. The van der Waals surface area contributed by atoms with Crippen molar-refractivity contribution in [1.29, 1.82) is 0 Å². The number of likely N-dealkylation sites (N-methyl/N-ethyl adjacent to an activating group) is 1. The molecule has 3 amide bonds. The number of aliphatic imine (C=N–C) groups is 1. The largest absolute Gasteiger partial charge is 0.384 e. The van der Waals surface area contributed by atoms with Gasteiger partial charge in [0.05, 0.1) is 17.9 Å². The third kappa shape index (κ3) is 5.32. The predicted octanol–water partition coefficient (Wildman–Crippen LogP) is 0.938. The number of piperazine rings is 1. The number of hydrogen-bond acceptors (Lipinski definition) is 6. The maximum Gasteiger partial charge on any atom is 0.325 e. The summed E-state index contributed by atoms with van der Waals surface area (Å²) in [6.07, 6.45) is 5.32. The fraction of sp³-hybridized carbons (Fsp3) is 0.345. The van der Waals surface area contributed by atoms with Crippen LogP contribution in [0.2, 0.25) is 0 Å². The summed E-state index contributed by atoms with van der Waals surface area (Å²) in [6.45, 7) is 8.27. The Labute approximate surface area is 234 Å². The van der Waals surface area contributed by atoms with Gasteiger partial charge in [-0.25, -0.2) is 14.8 Å². The molecule has 208 valence electrons. The van der Waals surface area contributed by atoms with Crippen LogP contribution in [0.4, 0.5) is 22.0 Å². The molecule has 1 atom stereocenters. The van der Waals surface area contributed by atoms with E-state index in [9.17, 15) is 9.59 Å². The second-order valence-corrected chi connectivity index (χ2v) is 10.3. The van der Waals surface area contributed by atoms with Crippen LogP contribution in [0, 0.1) is 0 Å². The highest BCUT2D eigenvalue weighted by atomic mass is 16.2. The van der Waals surface area contributed by atoms with Crippen LogP contribution in [0.15, 0.2) is 72.0 Å². The molecule has 4 heterocycles. The standard InChI is InChI=1S/C29H35N9O2/c1-4-28(39)37-12-11-24(21-7-5-6-8-23(21)37)38-19-22(30)25(35(3)29(38)40)17-26(31)33-27-10-9-20(18-32-27)36-15-13-34(2)14-16-36/h4-10,17-18,24,30H,1,11-16,19H2,2-3H3,(H2,31,32,33)/p+1/b25-17+,30-22?. The molecule has 0 aliphatic carbocycles. The zero-order valence-corrected chi connectivity index (χ0v) is 23.0. The maximum absolute atomic E-state index is 13.6. The summed E-state index contributed by atoms with van der Waals surface area (Å²) in [7, 11) is 3.80. The SMILES string of the molecule is C=CC(=O)N1CCC(N2CC(=[NH2+])/C(=C\C(N)=Nc3ccc(N4CCN(C)CC4)cn3)N(C)C2=O)c2ccccc21. The molecule has 0 spiro atoms. The molecule has 4 N–H and O–H groups in total. The first-order chi connectivity index (χ1) is 19.3. The lowest BCUT2D eigenvalue weighted by Crippen LogP contribution is -2.60. The molecule has 2 saturated heterocycles. The molecule has 2 aromatic rings. The summed E-state index contributed by atoms with van der Waals surface area (Å²) in [5, 5.41) is 6.50. The summed E-state index contributed by atoms with van der Waals surface area (Å²) in [6, 6.07) is 11.0. The fourth-order valence-electron chi connectivity index (χ4n) is 5.48. The Balaban J connectivity index is 1.31. The van der Waals surface area contributed by atoms with Crippen LogP contribution in [0.3, 0.4) is 0 Å². The molecule has 2 fully saturated rings. The molecule has 5 rings (SSSR count). The minimum Gasteiger partial charge on any atom is -0.384 e. The zero-order valence-electron chi connectivity index (χ0n) is 23.0. The molecule has 0 bridgehead atoms. The van der Waals surface area contributed by atoms with Crippen LogP contribution in [-0.4, -0.2) is 96.5 Å². The van der Waals surface area contributed by atoms with Crippen LogP contribution in [0.25, 0.3) is 0 Å². The maximum atomic E-state index is 13.6. The van der Waals surface area contributed by atoms with Crippen molar-refractivity contribution in [2.24, 2.45) is 10.7 Å².